The van der Waals surface area contributed by atoms with Crippen molar-refractivity contribution in [3.63, 3.8) is 0 Å². The summed E-state index contributed by atoms with van der Waals surface area (Å²) in [5, 5.41) is 2.89. The minimum absolute atomic E-state index is 0.173. The first kappa shape index (κ1) is 21.9. The highest BCUT2D eigenvalue weighted by Crippen LogP contribution is 2.27. The van der Waals surface area contributed by atoms with Crippen LogP contribution < -0.4 is 9.44 Å². The molecule has 0 unspecified atom stereocenters. The molecular weight excluding hydrogens is 468 g/mol. The largest absolute Gasteiger partial charge is 0.280 e. The van der Waals surface area contributed by atoms with Crippen LogP contribution in [0.3, 0.4) is 0 Å². The van der Waals surface area contributed by atoms with Crippen LogP contribution in [0.15, 0.2) is 119 Å². The Morgan fingerprint density at radius 2 is 0.765 bits per heavy atom. The van der Waals surface area contributed by atoms with E-state index in [1.165, 1.54) is 24.3 Å². The third-order valence-electron chi connectivity index (χ3n) is 5.47. The summed E-state index contributed by atoms with van der Waals surface area (Å²) in [4.78, 5) is 0.345. The number of rotatable bonds is 6. The van der Waals surface area contributed by atoms with Gasteiger partial charge in [0, 0.05) is 22.1 Å². The first-order valence-electron chi connectivity index (χ1n) is 10.4. The molecule has 0 aliphatic heterocycles. The van der Waals surface area contributed by atoms with Crippen molar-refractivity contribution < 1.29 is 16.8 Å². The number of sulfonamides is 2. The van der Waals surface area contributed by atoms with E-state index in [2.05, 4.69) is 9.44 Å². The van der Waals surface area contributed by atoms with Gasteiger partial charge in [0.25, 0.3) is 20.0 Å². The van der Waals surface area contributed by atoms with Gasteiger partial charge in [-0.25, -0.2) is 16.8 Å². The molecule has 0 atom stereocenters. The Morgan fingerprint density at radius 1 is 0.412 bits per heavy atom. The maximum Gasteiger partial charge on any atom is 0.262 e. The second-order valence-electron chi connectivity index (χ2n) is 7.74. The topological polar surface area (TPSA) is 92.3 Å². The van der Waals surface area contributed by atoms with Crippen molar-refractivity contribution in [2.24, 2.45) is 0 Å². The van der Waals surface area contributed by atoms with E-state index < -0.39 is 20.0 Å². The fourth-order valence-electron chi connectivity index (χ4n) is 3.89. The average Bonchev–Trinajstić information content (AvgIpc) is 2.84. The number of hydrogen-bond acceptors (Lipinski definition) is 4. The van der Waals surface area contributed by atoms with Gasteiger partial charge in [0.05, 0.1) is 9.79 Å². The summed E-state index contributed by atoms with van der Waals surface area (Å²) in [6.45, 7) is 0. The highest BCUT2D eigenvalue weighted by molar-refractivity contribution is 7.93. The molecular formula is C26H20N2O4S2. The fourth-order valence-corrected chi connectivity index (χ4v) is 6.47. The first-order chi connectivity index (χ1) is 16.3. The lowest BCUT2D eigenvalue weighted by molar-refractivity contribution is 0.600. The van der Waals surface area contributed by atoms with Gasteiger partial charge < -0.3 is 0 Å². The minimum atomic E-state index is -3.84. The molecule has 0 amide bonds. The van der Waals surface area contributed by atoms with Gasteiger partial charge in [0.2, 0.25) is 0 Å². The molecule has 0 saturated carbocycles. The van der Waals surface area contributed by atoms with Crippen molar-refractivity contribution in [1.82, 2.24) is 0 Å². The summed E-state index contributed by atoms with van der Waals surface area (Å²) in [7, 11) is -7.69. The van der Waals surface area contributed by atoms with E-state index in [0.717, 1.165) is 10.8 Å². The zero-order chi connectivity index (χ0) is 23.8. The van der Waals surface area contributed by atoms with Gasteiger partial charge >= 0.3 is 0 Å². The second kappa shape index (κ2) is 8.48. The van der Waals surface area contributed by atoms with E-state index in [4.69, 9.17) is 0 Å². The Balaban J connectivity index is 1.39. The van der Waals surface area contributed by atoms with E-state index in [-0.39, 0.29) is 9.79 Å². The molecule has 0 fully saturated rings. The highest BCUT2D eigenvalue weighted by atomic mass is 32.2. The molecule has 0 radical (unpaired) electrons. The molecule has 0 bridgehead atoms. The lowest BCUT2D eigenvalue weighted by Crippen LogP contribution is -2.14. The molecule has 34 heavy (non-hydrogen) atoms. The molecule has 0 aliphatic carbocycles. The van der Waals surface area contributed by atoms with Gasteiger partial charge in [-0.3, -0.25) is 9.44 Å². The molecule has 0 spiro atoms. The molecule has 170 valence electrons. The molecule has 5 aromatic carbocycles. The second-order valence-corrected chi connectivity index (χ2v) is 11.0. The summed E-state index contributed by atoms with van der Waals surface area (Å²) in [6.07, 6.45) is 0. The van der Waals surface area contributed by atoms with Crippen LogP contribution >= 0.6 is 0 Å². The van der Waals surface area contributed by atoms with Crippen LogP contribution in [0.5, 0.6) is 0 Å². The van der Waals surface area contributed by atoms with Crippen molar-refractivity contribution >= 4 is 53.0 Å². The van der Waals surface area contributed by atoms with E-state index in [1.54, 1.807) is 48.5 Å². The third-order valence-corrected chi connectivity index (χ3v) is 8.35. The van der Waals surface area contributed by atoms with Gasteiger partial charge in [-0.2, -0.15) is 0 Å². The number of anilines is 2. The Hall–Kier alpha value is -3.88. The van der Waals surface area contributed by atoms with Crippen LogP contribution in [0.4, 0.5) is 11.4 Å². The molecule has 5 aromatic rings. The predicted octanol–water partition coefficient (Wildman–Crippen LogP) is 5.59. The molecule has 0 aliphatic rings. The van der Waals surface area contributed by atoms with Crippen LogP contribution in [-0.2, 0) is 20.0 Å². The average molecular weight is 489 g/mol. The molecule has 8 heteroatoms. The minimum Gasteiger partial charge on any atom is -0.280 e. The summed E-state index contributed by atoms with van der Waals surface area (Å²) < 4.78 is 57.2. The zero-order valence-corrected chi connectivity index (χ0v) is 19.5. The van der Waals surface area contributed by atoms with Gasteiger partial charge in [0.1, 0.15) is 0 Å². The van der Waals surface area contributed by atoms with Crippen molar-refractivity contribution in [2.45, 2.75) is 9.79 Å². The van der Waals surface area contributed by atoms with Crippen molar-refractivity contribution in [3.8, 4) is 0 Å². The monoisotopic (exact) mass is 488 g/mol. The molecule has 0 heterocycles. The number of nitrogens with one attached hydrogen (secondary N) is 2. The van der Waals surface area contributed by atoms with Gasteiger partial charge in [-0.15, -0.1) is 0 Å². The van der Waals surface area contributed by atoms with E-state index >= 15 is 0 Å². The third kappa shape index (κ3) is 4.21. The SMILES string of the molecule is O=S(=O)(Nc1ccc(NS(=O)(=O)c2cccc3ccccc23)cc1)c1cccc2ccccc12. The Kier molecular flexibility index (Phi) is 5.47. The number of hydrogen-bond donors (Lipinski definition) is 2. The van der Waals surface area contributed by atoms with Crippen molar-refractivity contribution in [3.05, 3.63) is 109 Å². The predicted molar refractivity (Wildman–Crippen MR) is 136 cm³/mol. The Bertz CT molecular complexity index is 1590. The Morgan fingerprint density at radius 3 is 1.18 bits per heavy atom. The lowest BCUT2D eigenvalue weighted by Gasteiger charge is -2.13. The standard InChI is InChI=1S/C26H20N2O4S2/c29-33(30,25-13-5-9-19-7-1-3-11-23(19)25)27-21-15-17-22(18-16-21)28-34(31,32)26-14-6-10-20-8-2-4-12-24(20)26/h1-18,27-28H. The maximum atomic E-state index is 13.0. The van der Waals surface area contributed by atoms with Crippen LogP contribution in [0.2, 0.25) is 0 Å². The summed E-state index contributed by atoms with van der Waals surface area (Å²) in [5.74, 6) is 0. The number of benzene rings is 5. The van der Waals surface area contributed by atoms with Gasteiger partial charge in [-0.05, 0) is 47.2 Å². The van der Waals surface area contributed by atoms with E-state index in [9.17, 15) is 16.8 Å². The van der Waals surface area contributed by atoms with Crippen LogP contribution in [0, 0.1) is 0 Å². The molecule has 5 rings (SSSR count). The molecule has 0 aromatic heterocycles. The highest BCUT2D eigenvalue weighted by Gasteiger charge is 2.19. The Labute approximate surface area is 198 Å². The smallest absolute Gasteiger partial charge is 0.262 e. The summed E-state index contributed by atoms with van der Waals surface area (Å²) in [5.41, 5.74) is 0.641. The van der Waals surface area contributed by atoms with Gasteiger partial charge in [0.15, 0.2) is 0 Å². The molecule has 6 nitrogen and oxygen atoms in total. The summed E-state index contributed by atoms with van der Waals surface area (Å²) >= 11 is 0. The molecule has 0 saturated heterocycles. The summed E-state index contributed by atoms with van der Waals surface area (Å²) in [6, 6.07) is 30.8. The fraction of sp³-hybridized carbons (Fsp3) is 0. The number of fused-ring (bicyclic) bond motifs is 2. The first-order valence-corrected chi connectivity index (χ1v) is 13.4. The quantitative estimate of drug-likeness (QED) is 0.326. The van der Waals surface area contributed by atoms with Crippen LogP contribution in [-0.4, -0.2) is 16.8 Å². The van der Waals surface area contributed by atoms with Crippen molar-refractivity contribution in [2.75, 3.05) is 9.44 Å². The van der Waals surface area contributed by atoms with E-state index in [1.807, 2.05) is 36.4 Å². The molecule has 2 N–H and O–H groups in total. The zero-order valence-electron chi connectivity index (χ0n) is 17.8. The van der Waals surface area contributed by atoms with Crippen molar-refractivity contribution in [1.29, 1.82) is 0 Å². The van der Waals surface area contributed by atoms with Gasteiger partial charge in [-0.1, -0.05) is 72.8 Å². The van der Waals surface area contributed by atoms with Crippen LogP contribution in [0.25, 0.3) is 21.5 Å². The van der Waals surface area contributed by atoms with E-state index in [0.29, 0.717) is 22.1 Å². The lowest BCUT2D eigenvalue weighted by atomic mass is 10.1. The normalized spacial score (nSPS) is 12.0. The maximum absolute atomic E-state index is 13.0. The van der Waals surface area contributed by atoms with Crippen LogP contribution in [0.1, 0.15) is 0 Å².